The van der Waals surface area contributed by atoms with Crippen LogP contribution in [0.2, 0.25) is 0 Å². The van der Waals surface area contributed by atoms with E-state index in [2.05, 4.69) is 0 Å². The molecule has 2 amide bonds. The highest BCUT2D eigenvalue weighted by Gasteiger charge is 2.31. The first-order valence-electron chi connectivity index (χ1n) is 7.97. The number of nitrogens with two attached hydrogens (primary N) is 1. The Hall–Kier alpha value is -2.27. The molecule has 1 heterocycles. The molecule has 1 fully saturated rings. The number of hydrogen-bond donors (Lipinski definition) is 1. The SMILES string of the molecule is Cc1ccc(C(=O)N2CC[C@@H](C(N)=O)C2)c(Sc2ccccc2)c1. The van der Waals surface area contributed by atoms with Crippen LogP contribution < -0.4 is 5.73 Å². The van der Waals surface area contributed by atoms with Crippen LogP contribution in [0.1, 0.15) is 22.3 Å². The van der Waals surface area contributed by atoms with E-state index in [4.69, 9.17) is 5.73 Å². The maximum atomic E-state index is 12.9. The molecule has 124 valence electrons. The molecule has 5 heteroatoms. The van der Waals surface area contributed by atoms with Crippen molar-refractivity contribution in [3.8, 4) is 0 Å². The van der Waals surface area contributed by atoms with Gasteiger partial charge in [-0.25, -0.2) is 0 Å². The second-order valence-electron chi connectivity index (χ2n) is 6.05. The number of carbonyl (C=O) groups is 2. The predicted molar refractivity (Wildman–Crippen MR) is 94.9 cm³/mol. The molecule has 24 heavy (non-hydrogen) atoms. The van der Waals surface area contributed by atoms with Crippen molar-refractivity contribution in [3.05, 3.63) is 59.7 Å². The third-order valence-corrected chi connectivity index (χ3v) is 5.28. The fraction of sp³-hybridized carbons (Fsp3) is 0.263. The number of hydrogen-bond acceptors (Lipinski definition) is 3. The second kappa shape index (κ2) is 7.09. The van der Waals surface area contributed by atoms with Gasteiger partial charge in [0.05, 0.1) is 11.5 Å². The number of nitrogens with zero attached hydrogens (tertiary/aromatic N) is 1. The standard InChI is InChI=1S/C19H20N2O2S/c1-13-7-8-16(17(11-13)24-15-5-3-2-4-6-15)19(23)21-10-9-14(12-21)18(20)22/h2-8,11,14H,9-10,12H2,1H3,(H2,20,22)/t14-/m1/s1. The molecule has 1 atom stereocenters. The van der Waals surface area contributed by atoms with Gasteiger partial charge in [-0.15, -0.1) is 0 Å². The van der Waals surface area contributed by atoms with Crippen molar-refractivity contribution >= 4 is 23.6 Å². The summed E-state index contributed by atoms with van der Waals surface area (Å²) >= 11 is 1.58. The molecule has 0 aromatic heterocycles. The third kappa shape index (κ3) is 3.62. The Kier molecular flexibility index (Phi) is 4.90. The fourth-order valence-electron chi connectivity index (χ4n) is 2.85. The van der Waals surface area contributed by atoms with E-state index < -0.39 is 0 Å². The van der Waals surface area contributed by atoms with E-state index in [0.29, 0.717) is 25.1 Å². The molecule has 2 N–H and O–H groups in total. The van der Waals surface area contributed by atoms with Gasteiger partial charge in [0, 0.05) is 22.9 Å². The number of carbonyl (C=O) groups excluding carboxylic acids is 2. The van der Waals surface area contributed by atoms with Crippen LogP contribution >= 0.6 is 11.8 Å². The van der Waals surface area contributed by atoms with Crippen molar-refractivity contribution < 1.29 is 9.59 Å². The van der Waals surface area contributed by atoms with Gasteiger partial charge < -0.3 is 10.6 Å². The lowest BCUT2D eigenvalue weighted by Gasteiger charge is -2.18. The van der Waals surface area contributed by atoms with E-state index in [1.165, 1.54) is 0 Å². The summed E-state index contributed by atoms with van der Waals surface area (Å²) < 4.78 is 0. The topological polar surface area (TPSA) is 63.4 Å². The van der Waals surface area contributed by atoms with E-state index in [0.717, 1.165) is 15.4 Å². The van der Waals surface area contributed by atoms with Crippen LogP contribution in [0.5, 0.6) is 0 Å². The largest absolute Gasteiger partial charge is 0.369 e. The van der Waals surface area contributed by atoms with Crippen molar-refractivity contribution in [2.75, 3.05) is 13.1 Å². The zero-order chi connectivity index (χ0) is 17.1. The Morgan fingerprint density at radius 2 is 1.92 bits per heavy atom. The number of likely N-dealkylation sites (tertiary alicyclic amines) is 1. The van der Waals surface area contributed by atoms with Gasteiger partial charge in [0.1, 0.15) is 0 Å². The summed E-state index contributed by atoms with van der Waals surface area (Å²) in [4.78, 5) is 28.0. The maximum Gasteiger partial charge on any atom is 0.255 e. The van der Waals surface area contributed by atoms with Gasteiger partial charge in [-0.3, -0.25) is 9.59 Å². The Morgan fingerprint density at radius 1 is 1.17 bits per heavy atom. The third-order valence-electron chi connectivity index (χ3n) is 4.22. The molecule has 0 saturated carbocycles. The van der Waals surface area contributed by atoms with Crippen molar-refractivity contribution in [1.29, 1.82) is 0 Å². The highest BCUT2D eigenvalue weighted by molar-refractivity contribution is 7.99. The van der Waals surface area contributed by atoms with Crippen molar-refractivity contribution in [3.63, 3.8) is 0 Å². The van der Waals surface area contributed by atoms with Gasteiger partial charge in [0.15, 0.2) is 0 Å². The van der Waals surface area contributed by atoms with E-state index in [9.17, 15) is 9.59 Å². The minimum absolute atomic E-state index is 0.0304. The van der Waals surface area contributed by atoms with Crippen LogP contribution in [0.3, 0.4) is 0 Å². The fourth-order valence-corrected chi connectivity index (χ4v) is 3.91. The Bertz CT molecular complexity index is 761. The van der Waals surface area contributed by atoms with Crippen LogP contribution in [-0.2, 0) is 4.79 Å². The molecule has 0 unspecified atom stereocenters. The highest BCUT2D eigenvalue weighted by Crippen LogP contribution is 2.32. The first-order valence-corrected chi connectivity index (χ1v) is 8.78. The summed E-state index contributed by atoms with van der Waals surface area (Å²) in [7, 11) is 0. The van der Waals surface area contributed by atoms with Gasteiger partial charge in [0.2, 0.25) is 5.91 Å². The van der Waals surface area contributed by atoms with Crippen LogP contribution in [0.4, 0.5) is 0 Å². The van der Waals surface area contributed by atoms with Gasteiger partial charge in [-0.2, -0.15) is 0 Å². The molecular formula is C19H20N2O2S. The summed E-state index contributed by atoms with van der Waals surface area (Å²) in [6.45, 7) is 3.01. The Morgan fingerprint density at radius 3 is 2.58 bits per heavy atom. The minimum Gasteiger partial charge on any atom is -0.369 e. The van der Waals surface area contributed by atoms with Gasteiger partial charge in [-0.05, 0) is 43.2 Å². The molecule has 2 aromatic carbocycles. The smallest absolute Gasteiger partial charge is 0.255 e. The van der Waals surface area contributed by atoms with Crippen LogP contribution in [0, 0.1) is 12.8 Å². The molecular weight excluding hydrogens is 320 g/mol. The lowest BCUT2D eigenvalue weighted by Crippen LogP contribution is -2.32. The van der Waals surface area contributed by atoms with Gasteiger partial charge in [0.25, 0.3) is 5.91 Å². The average Bonchev–Trinajstić information content (AvgIpc) is 3.06. The molecule has 3 rings (SSSR count). The van der Waals surface area contributed by atoms with Crippen molar-refractivity contribution in [1.82, 2.24) is 4.90 Å². The molecule has 0 spiro atoms. The van der Waals surface area contributed by atoms with Gasteiger partial charge in [-0.1, -0.05) is 36.0 Å². The zero-order valence-electron chi connectivity index (χ0n) is 13.6. The second-order valence-corrected chi connectivity index (χ2v) is 7.17. The minimum atomic E-state index is -0.326. The molecule has 0 aliphatic carbocycles. The molecule has 0 bridgehead atoms. The quantitative estimate of drug-likeness (QED) is 0.930. The van der Waals surface area contributed by atoms with E-state index in [1.807, 2.05) is 55.5 Å². The average molecular weight is 340 g/mol. The monoisotopic (exact) mass is 340 g/mol. The number of amides is 2. The molecule has 4 nitrogen and oxygen atoms in total. The van der Waals surface area contributed by atoms with Crippen molar-refractivity contribution in [2.24, 2.45) is 11.7 Å². The van der Waals surface area contributed by atoms with E-state index in [1.54, 1.807) is 16.7 Å². The first-order chi connectivity index (χ1) is 11.5. The summed E-state index contributed by atoms with van der Waals surface area (Å²) in [5, 5.41) is 0. The van der Waals surface area contributed by atoms with Crippen LogP contribution in [-0.4, -0.2) is 29.8 Å². The number of primary amides is 1. The van der Waals surface area contributed by atoms with Crippen LogP contribution in [0.25, 0.3) is 0 Å². The van der Waals surface area contributed by atoms with Crippen molar-refractivity contribution in [2.45, 2.75) is 23.1 Å². The normalized spacial score (nSPS) is 17.0. The summed E-state index contributed by atoms with van der Waals surface area (Å²) in [5.41, 5.74) is 7.16. The lowest BCUT2D eigenvalue weighted by molar-refractivity contribution is -0.121. The van der Waals surface area contributed by atoms with E-state index >= 15 is 0 Å². The lowest BCUT2D eigenvalue weighted by atomic mass is 10.1. The summed E-state index contributed by atoms with van der Waals surface area (Å²) in [5.74, 6) is -0.588. The molecule has 2 aromatic rings. The highest BCUT2D eigenvalue weighted by atomic mass is 32.2. The first kappa shape index (κ1) is 16.6. The summed E-state index contributed by atoms with van der Waals surface area (Å²) in [6.07, 6.45) is 0.647. The van der Waals surface area contributed by atoms with E-state index in [-0.39, 0.29) is 17.7 Å². The molecule has 1 saturated heterocycles. The van der Waals surface area contributed by atoms with Gasteiger partial charge >= 0.3 is 0 Å². The Balaban J connectivity index is 1.85. The van der Waals surface area contributed by atoms with Crippen LogP contribution in [0.15, 0.2) is 58.3 Å². The molecule has 0 radical (unpaired) electrons. The summed E-state index contributed by atoms with van der Waals surface area (Å²) in [6, 6.07) is 15.9. The number of benzene rings is 2. The zero-order valence-corrected chi connectivity index (χ0v) is 14.4. The number of aryl methyl sites for hydroxylation is 1. The molecule has 1 aliphatic rings. The maximum absolute atomic E-state index is 12.9. The predicted octanol–water partition coefficient (Wildman–Crippen LogP) is 3.09. The molecule has 1 aliphatic heterocycles. The number of rotatable bonds is 4. The Labute approximate surface area is 146 Å².